The zero-order chi connectivity index (χ0) is 18.9. The molecule has 6 nitrogen and oxygen atoms in total. The number of fused-ring (bicyclic) bond motifs is 1. The van der Waals surface area contributed by atoms with Gasteiger partial charge in [-0.3, -0.25) is 4.79 Å². The summed E-state index contributed by atoms with van der Waals surface area (Å²) in [6, 6.07) is 4.60. The van der Waals surface area contributed by atoms with Crippen LogP contribution in [0.5, 0.6) is 5.75 Å². The van der Waals surface area contributed by atoms with Crippen LogP contribution in [0.4, 0.5) is 0 Å². The topological polar surface area (TPSA) is 78.9 Å². The first-order chi connectivity index (χ1) is 12.5. The van der Waals surface area contributed by atoms with Crippen molar-refractivity contribution in [1.82, 2.24) is 0 Å². The van der Waals surface area contributed by atoms with E-state index in [9.17, 15) is 14.4 Å². The Bertz CT molecular complexity index is 652. The van der Waals surface area contributed by atoms with Crippen LogP contribution in [0.25, 0.3) is 0 Å². The Morgan fingerprint density at radius 1 is 1.12 bits per heavy atom. The molecule has 0 amide bonds. The molecule has 0 spiro atoms. The average molecular weight is 362 g/mol. The van der Waals surface area contributed by atoms with Gasteiger partial charge in [0.05, 0.1) is 24.3 Å². The van der Waals surface area contributed by atoms with E-state index in [0.717, 1.165) is 25.7 Å². The van der Waals surface area contributed by atoms with Crippen molar-refractivity contribution < 1.29 is 28.6 Å². The predicted molar refractivity (Wildman–Crippen MR) is 95.2 cm³/mol. The van der Waals surface area contributed by atoms with Crippen molar-refractivity contribution in [3.05, 3.63) is 29.3 Å². The number of esters is 3. The van der Waals surface area contributed by atoms with Crippen molar-refractivity contribution in [2.75, 3.05) is 13.2 Å². The number of ether oxygens (including phenoxy) is 3. The van der Waals surface area contributed by atoms with Crippen LogP contribution in [-0.2, 0) is 14.3 Å². The third kappa shape index (κ3) is 5.58. The lowest BCUT2D eigenvalue weighted by atomic mass is 10.0. The standard InChI is InChI=1S/C20H26O6/c1-3-5-7-14(4-2)13-25-18(21)8-6-11-24-15-9-10-16-17(12-15)20(23)26-19(16)22/h9-10,12,14H,3-8,11,13H2,1-2H3. The molecule has 142 valence electrons. The molecular formula is C20H26O6. The minimum atomic E-state index is -0.660. The van der Waals surface area contributed by atoms with Crippen LogP contribution in [0, 0.1) is 5.92 Å². The zero-order valence-electron chi connectivity index (χ0n) is 15.4. The van der Waals surface area contributed by atoms with Gasteiger partial charge in [-0.25, -0.2) is 9.59 Å². The molecule has 1 aromatic carbocycles. The second kappa shape index (κ2) is 9.94. The number of carbonyl (C=O) groups is 3. The van der Waals surface area contributed by atoms with E-state index in [-0.39, 0.29) is 23.5 Å². The van der Waals surface area contributed by atoms with E-state index in [0.29, 0.717) is 31.3 Å². The first-order valence-corrected chi connectivity index (χ1v) is 9.24. The number of hydrogen-bond acceptors (Lipinski definition) is 6. The Kier molecular flexibility index (Phi) is 7.63. The summed E-state index contributed by atoms with van der Waals surface area (Å²) >= 11 is 0. The van der Waals surface area contributed by atoms with Gasteiger partial charge in [0, 0.05) is 6.42 Å². The number of carbonyl (C=O) groups excluding carboxylic acids is 3. The van der Waals surface area contributed by atoms with Crippen LogP contribution in [0.2, 0.25) is 0 Å². The van der Waals surface area contributed by atoms with Crippen LogP contribution in [0.1, 0.15) is 73.1 Å². The highest BCUT2D eigenvalue weighted by Gasteiger charge is 2.29. The van der Waals surface area contributed by atoms with Gasteiger partial charge in [0.1, 0.15) is 5.75 Å². The first-order valence-electron chi connectivity index (χ1n) is 9.24. The van der Waals surface area contributed by atoms with Crippen LogP contribution in [0.3, 0.4) is 0 Å². The summed E-state index contributed by atoms with van der Waals surface area (Å²) in [6.07, 6.45) is 5.22. The molecule has 0 saturated carbocycles. The fourth-order valence-corrected chi connectivity index (χ4v) is 2.74. The third-order valence-corrected chi connectivity index (χ3v) is 4.43. The van der Waals surface area contributed by atoms with Gasteiger partial charge < -0.3 is 14.2 Å². The molecule has 0 radical (unpaired) electrons. The van der Waals surface area contributed by atoms with Crippen molar-refractivity contribution in [1.29, 1.82) is 0 Å². The molecule has 0 saturated heterocycles. The molecule has 1 heterocycles. The molecule has 1 unspecified atom stereocenters. The van der Waals surface area contributed by atoms with Crippen LogP contribution < -0.4 is 4.74 Å². The molecule has 1 aliphatic rings. The number of hydrogen-bond donors (Lipinski definition) is 0. The summed E-state index contributed by atoms with van der Waals surface area (Å²) in [5, 5.41) is 0. The van der Waals surface area contributed by atoms with E-state index in [1.54, 1.807) is 6.07 Å². The molecule has 1 aromatic rings. The van der Waals surface area contributed by atoms with Gasteiger partial charge in [-0.1, -0.05) is 33.1 Å². The number of cyclic esters (lactones) is 2. The lowest BCUT2D eigenvalue weighted by Crippen LogP contribution is -2.14. The second-order valence-corrected chi connectivity index (χ2v) is 6.44. The Morgan fingerprint density at radius 3 is 2.62 bits per heavy atom. The Morgan fingerprint density at radius 2 is 1.88 bits per heavy atom. The lowest BCUT2D eigenvalue weighted by molar-refractivity contribution is -0.145. The van der Waals surface area contributed by atoms with Crippen LogP contribution >= 0.6 is 0 Å². The first kappa shape index (κ1) is 19.9. The van der Waals surface area contributed by atoms with Crippen molar-refractivity contribution in [2.24, 2.45) is 5.92 Å². The quantitative estimate of drug-likeness (QED) is 0.337. The summed E-state index contributed by atoms with van der Waals surface area (Å²) in [6.45, 7) is 5.07. The van der Waals surface area contributed by atoms with E-state index >= 15 is 0 Å². The Balaban J connectivity index is 1.67. The maximum absolute atomic E-state index is 11.8. The highest BCUT2D eigenvalue weighted by molar-refractivity contribution is 6.14. The molecule has 0 N–H and O–H groups in total. The third-order valence-electron chi connectivity index (χ3n) is 4.43. The number of unbranched alkanes of at least 4 members (excludes halogenated alkanes) is 1. The number of benzene rings is 1. The van der Waals surface area contributed by atoms with Crippen molar-refractivity contribution >= 4 is 17.9 Å². The molecule has 1 atom stereocenters. The Labute approximate surface area is 153 Å². The van der Waals surface area contributed by atoms with Gasteiger partial charge in [-0.05, 0) is 37.0 Å². The summed E-state index contributed by atoms with van der Waals surface area (Å²) in [7, 11) is 0. The molecule has 0 aromatic heterocycles. The molecule has 6 heteroatoms. The summed E-state index contributed by atoms with van der Waals surface area (Å²) < 4.78 is 15.4. The minimum Gasteiger partial charge on any atom is -0.494 e. The molecule has 0 aliphatic carbocycles. The van der Waals surface area contributed by atoms with Gasteiger partial charge in [0.15, 0.2) is 0 Å². The highest BCUT2D eigenvalue weighted by Crippen LogP contribution is 2.24. The molecule has 1 aliphatic heterocycles. The predicted octanol–water partition coefficient (Wildman–Crippen LogP) is 3.92. The summed E-state index contributed by atoms with van der Waals surface area (Å²) in [4.78, 5) is 34.7. The second-order valence-electron chi connectivity index (χ2n) is 6.44. The highest BCUT2D eigenvalue weighted by atomic mass is 16.6. The minimum absolute atomic E-state index is 0.213. The number of rotatable bonds is 11. The lowest BCUT2D eigenvalue weighted by Gasteiger charge is -2.14. The fraction of sp³-hybridized carbons (Fsp3) is 0.550. The normalized spacial score (nSPS) is 13.9. The van der Waals surface area contributed by atoms with Crippen molar-refractivity contribution in [3.63, 3.8) is 0 Å². The van der Waals surface area contributed by atoms with Gasteiger partial charge >= 0.3 is 17.9 Å². The molecule has 26 heavy (non-hydrogen) atoms. The summed E-state index contributed by atoms with van der Waals surface area (Å²) in [5.41, 5.74) is 0.462. The average Bonchev–Trinajstić information content (AvgIpc) is 2.92. The molecule has 0 fully saturated rings. The van der Waals surface area contributed by atoms with E-state index in [1.807, 2.05) is 0 Å². The monoisotopic (exact) mass is 362 g/mol. The van der Waals surface area contributed by atoms with Crippen LogP contribution in [0.15, 0.2) is 18.2 Å². The van der Waals surface area contributed by atoms with Gasteiger partial charge in [-0.15, -0.1) is 0 Å². The Hall–Kier alpha value is -2.37. The van der Waals surface area contributed by atoms with Crippen LogP contribution in [-0.4, -0.2) is 31.1 Å². The molecule has 0 bridgehead atoms. The smallest absolute Gasteiger partial charge is 0.347 e. The SMILES string of the molecule is CCCCC(CC)COC(=O)CCCOc1ccc2c(c1)C(=O)OC2=O. The van der Waals surface area contributed by atoms with E-state index < -0.39 is 11.9 Å². The largest absolute Gasteiger partial charge is 0.494 e. The van der Waals surface area contributed by atoms with Gasteiger partial charge in [0.2, 0.25) is 0 Å². The maximum Gasteiger partial charge on any atom is 0.347 e. The van der Waals surface area contributed by atoms with Gasteiger partial charge in [-0.2, -0.15) is 0 Å². The van der Waals surface area contributed by atoms with E-state index in [1.165, 1.54) is 12.1 Å². The maximum atomic E-state index is 11.8. The van der Waals surface area contributed by atoms with Crippen molar-refractivity contribution in [3.8, 4) is 5.75 Å². The van der Waals surface area contributed by atoms with E-state index in [2.05, 4.69) is 18.6 Å². The zero-order valence-corrected chi connectivity index (χ0v) is 15.4. The van der Waals surface area contributed by atoms with Crippen molar-refractivity contribution in [2.45, 2.75) is 52.4 Å². The van der Waals surface area contributed by atoms with Gasteiger partial charge in [0.25, 0.3) is 0 Å². The van der Waals surface area contributed by atoms with E-state index in [4.69, 9.17) is 9.47 Å². The fourth-order valence-electron chi connectivity index (χ4n) is 2.74. The molecule has 2 rings (SSSR count). The summed E-state index contributed by atoms with van der Waals surface area (Å²) in [5.74, 6) is -0.610. The molecular weight excluding hydrogens is 336 g/mol.